The third-order valence-corrected chi connectivity index (χ3v) is 8.61. The molecule has 0 heterocycles. The van der Waals surface area contributed by atoms with Crippen LogP contribution in [-0.4, -0.2) is 24.4 Å². The van der Waals surface area contributed by atoms with Crippen molar-refractivity contribution in [3.8, 4) is 23.0 Å². The van der Waals surface area contributed by atoms with Gasteiger partial charge in [-0.15, -0.1) is 0 Å². The van der Waals surface area contributed by atoms with Gasteiger partial charge in [0.05, 0.1) is 6.42 Å². The lowest BCUT2D eigenvalue weighted by atomic mass is 9.73. The average molecular weight is 573 g/mol. The maximum Gasteiger partial charge on any atom is 0.235 e. The SMILES string of the molecule is CC(C)(C)CNC(=O)C1(CCCCC=C2CCC(NC(=O)CC#Cc3ccccc3)C2)c2ccccc2-c2ccccc21. The molecule has 0 aromatic heterocycles. The molecule has 0 aliphatic heterocycles. The summed E-state index contributed by atoms with van der Waals surface area (Å²) >= 11 is 0. The quantitative estimate of drug-likeness (QED) is 0.157. The van der Waals surface area contributed by atoms with Gasteiger partial charge in [0.25, 0.3) is 0 Å². The van der Waals surface area contributed by atoms with Gasteiger partial charge in [0, 0.05) is 18.2 Å². The molecule has 1 fully saturated rings. The smallest absolute Gasteiger partial charge is 0.235 e. The highest BCUT2D eigenvalue weighted by Crippen LogP contribution is 2.51. The Kier molecular flexibility index (Phi) is 9.51. The van der Waals surface area contributed by atoms with E-state index in [-0.39, 0.29) is 29.7 Å². The van der Waals surface area contributed by atoms with Crippen LogP contribution in [0.2, 0.25) is 0 Å². The summed E-state index contributed by atoms with van der Waals surface area (Å²) < 4.78 is 0. The van der Waals surface area contributed by atoms with E-state index in [0.717, 1.165) is 61.6 Å². The number of hydrogen-bond donors (Lipinski definition) is 2. The molecule has 0 bridgehead atoms. The van der Waals surface area contributed by atoms with E-state index in [4.69, 9.17) is 0 Å². The summed E-state index contributed by atoms with van der Waals surface area (Å²) in [5.74, 6) is 6.16. The van der Waals surface area contributed by atoms with Gasteiger partial charge in [-0.25, -0.2) is 0 Å². The summed E-state index contributed by atoms with van der Waals surface area (Å²) in [7, 11) is 0. The number of carbonyl (C=O) groups is 2. The third-order valence-electron chi connectivity index (χ3n) is 8.61. The molecule has 0 spiro atoms. The molecule has 3 aromatic rings. The number of hydrogen-bond acceptors (Lipinski definition) is 2. The molecule has 1 unspecified atom stereocenters. The molecule has 1 saturated carbocycles. The highest BCUT2D eigenvalue weighted by molar-refractivity contribution is 6.00. The van der Waals surface area contributed by atoms with E-state index in [1.165, 1.54) is 16.7 Å². The summed E-state index contributed by atoms with van der Waals surface area (Å²) in [6, 6.07) is 26.8. The molecule has 0 radical (unpaired) electrons. The normalized spacial score (nSPS) is 17.5. The van der Waals surface area contributed by atoms with Crippen molar-refractivity contribution < 1.29 is 9.59 Å². The fourth-order valence-electron chi connectivity index (χ4n) is 6.51. The van der Waals surface area contributed by atoms with Gasteiger partial charge in [-0.3, -0.25) is 9.59 Å². The number of fused-ring (bicyclic) bond motifs is 3. The standard InChI is InChI=1S/C39H44N2O2/c1-38(2,3)28-40-37(43)39(34-21-11-9-19-32(34)33-20-10-12-22-35(33)39)26-13-5-8-17-30-24-25-31(27-30)41-36(42)23-14-18-29-15-6-4-7-16-29/h4,6-7,9-12,15-17,19-22,31H,5,8,13,23-28H2,1-3H3,(H,40,43)(H,41,42). The molecule has 43 heavy (non-hydrogen) atoms. The zero-order valence-electron chi connectivity index (χ0n) is 25.8. The minimum atomic E-state index is -0.669. The Hall–Kier alpha value is -4.10. The third kappa shape index (κ3) is 7.28. The van der Waals surface area contributed by atoms with Gasteiger partial charge in [0.2, 0.25) is 11.8 Å². The monoisotopic (exact) mass is 572 g/mol. The van der Waals surface area contributed by atoms with Crippen molar-refractivity contribution in [2.75, 3.05) is 6.54 Å². The predicted octanol–water partition coefficient (Wildman–Crippen LogP) is 7.71. The number of carbonyl (C=O) groups excluding carboxylic acids is 2. The Labute approximate surface area is 257 Å². The van der Waals surface area contributed by atoms with Gasteiger partial charge in [0.15, 0.2) is 0 Å². The molecule has 4 nitrogen and oxygen atoms in total. The molecule has 4 heteroatoms. The van der Waals surface area contributed by atoms with E-state index in [1.54, 1.807) is 0 Å². The molecule has 2 N–H and O–H groups in total. The number of allylic oxidation sites excluding steroid dienone is 1. The van der Waals surface area contributed by atoms with Crippen molar-refractivity contribution in [3.05, 3.63) is 107 Å². The lowest BCUT2D eigenvalue weighted by Gasteiger charge is -2.32. The highest BCUT2D eigenvalue weighted by atomic mass is 16.2. The van der Waals surface area contributed by atoms with Gasteiger partial charge in [-0.1, -0.05) is 117 Å². The first-order chi connectivity index (χ1) is 20.8. The Morgan fingerprint density at radius 3 is 2.23 bits per heavy atom. The highest BCUT2D eigenvalue weighted by Gasteiger charge is 2.48. The minimum Gasteiger partial charge on any atom is -0.355 e. The van der Waals surface area contributed by atoms with Gasteiger partial charge >= 0.3 is 0 Å². The summed E-state index contributed by atoms with van der Waals surface area (Å²) in [5.41, 5.74) is 6.31. The van der Waals surface area contributed by atoms with Crippen molar-refractivity contribution in [2.24, 2.45) is 5.41 Å². The molecule has 2 amide bonds. The van der Waals surface area contributed by atoms with Crippen LogP contribution in [0.4, 0.5) is 0 Å². The number of unbranched alkanes of at least 4 members (excludes halogenated alkanes) is 2. The van der Waals surface area contributed by atoms with E-state index < -0.39 is 5.41 Å². The molecular formula is C39H44N2O2. The number of amides is 2. The van der Waals surface area contributed by atoms with Crippen LogP contribution in [0.1, 0.15) is 88.8 Å². The van der Waals surface area contributed by atoms with Crippen molar-refractivity contribution in [3.63, 3.8) is 0 Å². The molecule has 222 valence electrons. The van der Waals surface area contributed by atoms with E-state index in [2.05, 4.69) is 97.9 Å². The molecule has 2 aliphatic carbocycles. The fraction of sp³-hybridized carbons (Fsp3) is 0.385. The topological polar surface area (TPSA) is 58.2 Å². The zero-order chi connectivity index (χ0) is 30.3. The summed E-state index contributed by atoms with van der Waals surface area (Å²) in [4.78, 5) is 26.5. The molecule has 1 atom stereocenters. The summed E-state index contributed by atoms with van der Waals surface area (Å²) in [6.45, 7) is 7.11. The van der Waals surface area contributed by atoms with Gasteiger partial charge in [-0.2, -0.15) is 0 Å². The second kappa shape index (κ2) is 13.5. The van der Waals surface area contributed by atoms with Gasteiger partial charge < -0.3 is 10.6 Å². The second-order valence-electron chi connectivity index (χ2n) is 13.2. The molecule has 5 rings (SSSR count). The molecule has 3 aromatic carbocycles. The van der Waals surface area contributed by atoms with Crippen LogP contribution >= 0.6 is 0 Å². The Balaban J connectivity index is 1.18. The maximum absolute atomic E-state index is 14.1. The molecular weight excluding hydrogens is 528 g/mol. The van der Waals surface area contributed by atoms with Gasteiger partial charge in [0.1, 0.15) is 5.41 Å². The van der Waals surface area contributed by atoms with Crippen LogP contribution in [0.25, 0.3) is 11.1 Å². The first kappa shape index (κ1) is 30.4. The Morgan fingerprint density at radius 2 is 1.56 bits per heavy atom. The average Bonchev–Trinajstić information content (AvgIpc) is 3.56. The number of rotatable bonds is 9. The van der Waals surface area contributed by atoms with E-state index >= 15 is 0 Å². The van der Waals surface area contributed by atoms with Crippen LogP contribution in [0.3, 0.4) is 0 Å². The minimum absolute atomic E-state index is 0.00171. The zero-order valence-corrected chi connectivity index (χ0v) is 25.8. The summed E-state index contributed by atoms with van der Waals surface area (Å²) in [5, 5.41) is 6.49. The second-order valence-corrected chi connectivity index (χ2v) is 13.2. The largest absolute Gasteiger partial charge is 0.355 e. The van der Waals surface area contributed by atoms with Crippen molar-refractivity contribution in [1.29, 1.82) is 0 Å². The Bertz CT molecular complexity index is 1490. The van der Waals surface area contributed by atoms with Crippen LogP contribution in [0.15, 0.2) is 90.5 Å². The van der Waals surface area contributed by atoms with Crippen LogP contribution in [0.5, 0.6) is 0 Å². The van der Waals surface area contributed by atoms with Crippen molar-refractivity contribution in [1.82, 2.24) is 10.6 Å². The van der Waals surface area contributed by atoms with Crippen molar-refractivity contribution in [2.45, 2.75) is 83.6 Å². The summed E-state index contributed by atoms with van der Waals surface area (Å²) in [6.07, 6.45) is 9.26. The number of nitrogens with one attached hydrogen (secondary N) is 2. The molecule has 2 aliphatic rings. The predicted molar refractivity (Wildman–Crippen MR) is 175 cm³/mol. The Morgan fingerprint density at radius 1 is 0.907 bits per heavy atom. The van der Waals surface area contributed by atoms with E-state index in [1.807, 2.05) is 30.3 Å². The van der Waals surface area contributed by atoms with E-state index in [0.29, 0.717) is 6.54 Å². The maximum atomic E-state index is 14.1. The fourth-order valence-corrected chi connectivity index (χ4v) is 6.51. The van der Waals surface area contributed by atoms with E-state index in [9.17, 15) is 9.59 Å². The molecule has 0 saturated heterocycles. The lowest BCUT2D eigenvalue weighted by Crippen LogP contribution is -2.46. The van der Waals surface area contributed by atoms with Crippen LogP contribution in [-0.2, 0) is 15.0 Å². The van der Waals surface area contributed by atoms with Gasteiger partial charge in [-0.05, 0) is 78.3 Å². The van der Waals surface area contributed by atoms with Crippen molar-refractivity contribution >= 4 is 11.8 Å². The lowest BCUT2D eigenvalue weighted by molar-refractivity contribution is -0.126. The van der Waals surface area contributed by atoms with Crippen LogP contribution in [0, 0.1) is 17.3 Å². The first-order valence-electron chi connectivity index (χ1n) is 15.8. The number of benzene rings is 3. The first-order valence-corrected chi connectivity index (χ1v) is 15.8. The van der Waals surface area contributed by atoms with Crippen LogP contribution < -0.4 is 10.6 Å².